The molecule has 0 fully saturated rings. The first-order chi connectivity index (χ1) is 5.65. The zero-order valence-corrected chi connectivity index (χ0v) is 7.04. The number of hydrogen-bond acceptors (Lipinski definition) is 3. The van der Waals surface area contributed by atoms with Crippen LogP contribution in [0.5, 0.6) is 11.5 Å². The van der Waals surface area contributed by atoms with Crippen LogP contribution in [0.4, 0.5) is 0 Å². The van der Waals surface area contributed by atoms with Crippen LogP contribution in [-0.4, -0.2) is 16.8 Å². The van der Waals surface area contributed by atoms with Gasteiger partial charge in [-0.1, -0.05) is 0 Å². The number of hydrogen-bond donors (Lipinski definition) is 3. The smallest absolute Gasteiger partial charge is 0.121 e. The number of nitrogens with two attached hydrogens (primary N) is 1. The molecule has 0 aliphatic heterocycles. The van der Waals surface area contributed by atoms with E-state index in [1.165, 1.54) is 12.1 Å². The highest BCUT2D eigenvalue weighted by Gasteiger charge is 2.04. The summed E-state index contributed by atoms with van der Waals surface area (Å²) in [6, 6.07) is 3.06. The predicted molar refractivity (Wildman–Crippen MR) is 47.3 cm³/mol. The minimum Gasteiger partial charge on any atom is -0.508 e. The molecule has 12 heavy (non-hydrogen) atoms. The van der Waals surface area contributed by atoms with Crippen molar-refractivity contribution in [2.24, 2.45) is 5.73 Å². The van der Waals surface area contributed by atoms with Gasteiger partial charge in [0.2, 0.25) is 0 Å². The molecule has 0 bridgehead atoms. The molecule has 0 amide bonds. The predicted octanol–water partition coefficient (Wildman–Crippen LogP) is 0.907. The van der Waals surface area contributed by atoms with Gasteiger partial charge in [0.15, 0.2) is 0 Å². The van der Waals surface area contributed by atoms with Crippen molar-refractivity contribution in [1.29, 1.82) is 0 Å². The molecule has 3 nitrogen and oxygen atoms in total. The first-order valence-electron chi connectivity index (χ1n) is 3.86. The quantitative estimate of drug-likeness (QED) is 0.573. The van der Waals surface area contributed by atoms with E-state index in [-0.39, 0.29) is 11.5 Å². The highest BCUT2D eigenvalue weighted by atomic mass is 16.3. The Morgan fingerprint density at radius 2 is 2.00 bits per heavy atom. The fraction of sp³-hybridized carbons (Fsp3) is 0.333. The number of aromatic hydroxyl groups is 2. The summed E-state index contributed by atoms with van der Waals surface area (Å²) in [6.45, 7) is 2.21. The Labute approximate surface area is 71.5 Å². The number of phenolic OH excluding ortho intramolecular Hbond substituents is 2. The molecular weight excluding hydrogens is 154 g/mol. The standard InChI is InChI=1S/C9H13NO2/c1-6-4-8(11)5-7(2-3-10)9(6)12/h4-5,11-12H,2-3,10H2,1H3. The molecule has 0 spiro atoms. The summed E-state index contributed by atoms with van der Waals surface area (Å²) in [5, 5.41) is 18.7. The van der Waals surface area contributed by atoms with Gasteiger partial charge in [-0.2, -0.15) is 0 Å². The molecule has 1 rings (SSSR count). The van der Waals surface area contributed by atoms with Gasteiger partial charge in [0, 0.05) is 0 Å². The highest BCUT2D eigenvalue weighted by molar-refractivity contribution is 5.45. The molecule has 0 aliphatic carbocycles. The summed E-state index contributed by atoms with van der Waals surface area (Å²) < 4.78 is 0. The number of benzene rings is 1. The monoisotopic (exact) mass is 167 g/mol. The summed E-state index contributed by atoms with van der Waals surface area (Å²) in [5.74, 6) is 0.409. The summed E-state index contributed by atoms with van der Waals surface area (Å²) in [7, 11) is 0. The molecule has 0 saturated carbocycles. The molecule has 0 aromatic heterocycles. The number of aryl methyl sites for hydroxylation is 1. The van der Waals surface area contributed by atoms with E-state index < -0.39 is 0 Å². The van der Waals surface area contributed by atoms with Crippen LogP contribution in [0.1, 0.15) is 11.1 Å². The number of phenols is 2. The maximum atomic E-state index is 9.49. The lowest BCUT2D eigenvalue weighted by molar-refractivity contribution is 0.450. The van der Waals surface area contributed by atoms with Gasteiger partial charge in [-0.25, -0.2) is 0 Å². The van der Waals surface area contributed by atoms with Crippen molar-refractivity contribution < 1.29 is 10.2 Å². The Hall–Kier alpha value is -1.22. The topological polar surface area (TPSA) is 66.5 Å². The van der Waals surface area contributed by atoms with Crippen molar-refractivity contribution in [1.82, 2.24) is 0 Å². The zero-order chi connectivity index (χ0) is 9.14. The molecule has 0 heterocycles. The van der Waals surface area contributed by atoms with Crippen molar-refractivity contribution in [3.8, 4) is 11.5 Å². The Morgan fingerprint density at radius 1 is 1.33 bits per heavy atom. The molecule has 4 N–H and O–H groups in total. The first-order valence-corrected chi connectivity index (χ1v) is 3.86. The van der Waals surface area contributed by atoms with Gasteiger partial charge in [-0.05, 0) is 43.1 Å². The molecule has 1 aromatic carbocycles. The average molecular weight is 167 g/mol. The molecule has 0 aliphatic rings. The van der Waals surface area contributed by atoms with E-state index in [9.17, 15) is 10.2 Å². The van der Waals surface area contributed by atoms with Gasteiger partial charge < -0.3 is 15.9 Å². The van der Waals surface area contributed by atoms with Crippen LogP contribution in [0.15, 0.2) is 12.1 Å². The van der Waals surface area contributed by atoms with Crippen molar-refractivity contribution in [3.63, 3.8) is 0 Å². The van der Waals surface area contributed by atoms with Crippen molar-refractivity contribution in [2.45, 2.75) is 13.3 Å². The van der Waals surface area contributed by atoms with Gasteiger partial charge in [0.05, 0.1) is 0 Å². The second-order valence-electron chi connectivity index (χ2n) is 2.81. The fourth-order valence-electron chi connectivity index (χ4n) is 1.18. The van der Waals surface area contributed by atoms with Crippen LogP contribution >= 0.6 is 0 Å². The third kappa shape index (κ3) is 1.68. The molecule has 66 valence electrons. The molecule has 0 atom stereocenters. The Balaban J connectivity index is 3.09. The molecule has 1 aromatic rings. The van der Waals surface area contributed by atoms with Crippen molar-refractivity contribution >= 4 is 0 Å². The van der Waals surface area contributed by atoms with Gasteiger partial charge in [0.25, 0.3) is 0 Å². The van der Waals surface area contributed by atoms with Crippen LogP contribution in [0.25, 0.3) is 0 Å². The lowest BCUT2D eigenvalue weighted by atomic mass is 10.1. The Kier molecular flexibility index (Phi) is 2.55. The molecule has 3 heteroatoms. The second-order valence-corrected chi connectivity index (χ2v) is 2.81. The molecule has 0 radical (unpaired) electrons. The molecule has 0 saturated heterocycles. The van der Waals surface area contributed by atoms with E-state index in [2.05, 4.69) is 0 Å². The van der Waals surface area contributed by atoms with Crippen LogP contribution < -0.4 is 5.73 Å². The van der Waals surface area contributed by atoms with Gasteiger partial charge in [-0.3, -0.25) is 0 Å². The average Bonchev–Trinajstić information content (AvgIpc) is 2.00. The second kappa shape index (κ2) is 3.45. The first kappa shape index (κ1) is 8.87. The van der Waals surface area contributed by atoms with Gasteiger partial charge in [-0.15, -0.1) is 0 Å². The maximum absolute atomic E-state index is 9.49. The normalized spacial score (nSPS) is 10.2. The minimum absolute atomic E-state index is 0.175. The lowest BCUT2D eigenvalue weighted by Gasteiger charge is -2.06. The van der Waals surface area contributed by atoms with E-state index >= 15 is 0 Å². The van der Waals surface area contributed by atoms with Crippen LogP contribution in [0.3, 0.4) is 0 Å². The summed E-state index contributed by atoms with van der Waals surface area (Å²) >= 11 is 0. The van der Waals surface area contributed by atoms with Crippen LogP contribution in [0, 0.1) is 6.92 Å². The number of rotatable bonds is 2. The van der Waals surface area contributed by atoms with Crippen molar-refractivity contribution in [3.05, 3.63) is 23.3 Å². The van der Waals surface area contributed by atoms with E-state index in [0.717, 1.165) is 0 Å². The molecule has 0 unspecified atom stereocenters. The largest absolute Gasteiger partial charge is 0.508 e. The summed E-state index contributed by atoms with van der Waals surface area (Å²) in [4.78, 5) is 0. The zero-order valence-electron chi connectivity index (χ0n) is 7.04. The third-order valence-electron chi connectivity index (χ3n) is 1.78. The lowest BCUT2D eigenvalue weighted by Crippen LogP contribution is -2.03. The summed E-state index contributed by atoms with van der Waals surface area (Å²) in [5.41, 5.74) is 6.72. The van der Waals surface area contributed by atoms with E-state index in [0.29, 0.717) is 24.1 Å². The Morgan fingerprint density at radius 3 is 2.58 bits per heavy atom. The van der Waals surface area contributed by atoms with Crippen molar-refractivity contribution in [2.75, 3.05) is 6.54 Å². The van der Waals surface area contributed by atoms with Gasteiger partial charge >= 0.3 is 0 Å². The van der Waals surface area contributed by atoms with E-state index in [4.69, 9.17) is 5.73 Å². The van der Waals surface area contributed by atoms with Crippen LogP contribution in [0.2, 0.25) is 0 Å². The maximum Gasteiger partial charge on any atom is 0.121 e. The third-order valence-corrected chi connectivity index (χ3v) is 1.78. The summed E-state index contributed by atoms with van der Waals surface area (Å²) in [6.07, 6.45) is 0.584. The SMILES string of the molecule is Cc1cc(O)cc(CCN)c1O. The minimum atomic E-state index is 0.175. The van der Waals surface area contributed by atoms with E-state index in [1.807, 2.05) is 0 Å². The Bertz CT molecular complexity index is 284. The molecular formula is C9H13NO2. The highest BCUT2D eigenvalue weighted by Crippen LogP contribution is 2.26. The fourth-order valence-corrected chi connectivity index (χ4v) is 1.18. The van der Waals surface area contributed by atoms with Gasteiger partial charge in [0.1, 0.15) is 11.5 Å². The van der Waals surface area contributed by atoms with Crippen LogP contribution in [-0.2, 0) is 6.42 Å². The van der Waals surface area contributed by atoms with E-state index in [1.54, 1.807) is 6.92 Å².